The van der Waals surface area contributed by atoms with Gasteiger partial charge < -0.3 is 15.2 Å². The van der Waals surface area contributed by atoms with Crippen LogP contribution in [0.15, 0.2) is 24.3 Å². The van der Waals surface area contributed by atoms with Gasteiger partial charge in [0.1, 0.15) is 12.2 Å². The maximum atomic E-state index is 11.9. The Morgan fingerprint density at radius 1 is 1.19 bits per heavy atom. The van der Waals surface area contributed by atoms with E-state index in [-0.39, 0.29) is 24.1 Å². The summed E-state index contributed by atoms with van der Waals surface area (Å²) in [6, 6.07) is 7.82. The summed E-state index contributed by atoms with van der Waals surface area (Å²) in [6.07, 6.45) is 6.82. The van der Waals surface area contributed by atoms with Crippen molar-refractivity contribution in [2.24, 2.45) is 11.7 Å². The van der Waals surface area contributed by atoms with Crippen LogP contribution in [0.1, 0.15) is 88.5 Å². The van der Waals surface area contributed by atoms with Gasteiger partial charge in [0.2, 0.25) is 0 Å². The van der Waals surface area contributed by atoms with Gasteiger partial charge in [-0.1, -0.05) is 64.2 Å². The Morgan fingerprint density at radius 2 is 1.96 bits per heavy atom. The van der Waals surface area contributed by atoms with Crippen LogP contribution in [-0.4, -0.2) is 12.1 Å². The lowest BCUT2D eigenvalue weighted by atomic mass is 9.85. The summed E-state index contributed by atoms with van der Waals surface area (Å²) in [5.41, 5.74) is 7.10. The molecule has 1 aromatic rings. The van der Waals surface area contributed by atoms with Crippen molar-refractivity contribution in [2.45, 2.75) is 77.4 Å². The van der Waals surface area contributed by atoms with Crippen LogP contribution in [0.3, 0.4) is 0 Å². The number of hydrogen-bond acceptors (Lipinski definition) is 4. The van der Waals surface area contributed by atoms with Gasteiger partial charge in [0.05, 0.1) is 5.92 Å². The van der Waals surface area contributed by atoms with E-state index in [2.05, 4.69) is 13.8 Å². The minimum atomic E-state index is -0.764. The molecular weight excluding hydrogens is 330 g/mol. The van der Waals surface area contributed by atoms with E-state index in [0.717, 1.165) is 49.7 Å². The van der Waals surface area contributed by atoms with Crippen LogP contribution in [0, 0.1) is 5.92 Å². The Bertz CT molecular complexity index is 601. The highest BCUT2D eigenvalue weighted by Gasteiger charge is 2.42. The standard InChI is InChI=1S/C21H31NO4/c1-3-5-7-8-12-17-19(26-20(17)23)16-11-9-10-15(14-16)18(13-6-4-2)25-21(22)24/h9-11,14,17-19H,3-8,12-13H2,1-2H3,(H2,22,24). The van der Waals surface area contributed by atoms with E-state index in [4.69, 9.17) is 15.2 Å². The monoisotopic (exact) mass is 361 g/mol. The number of esters is 1. The lowest BCUT2D eigenvalue weighted by Gasteiger charge is -2.36. The maximum Gasteiger partial charge on any atom is 0.405 e. The average molecular weight is 361 g/mol. The van der Waals surface area contributed by atoms with Gasteiger partial charge in [-0.25, -0.2) is 4.79 Å². The highest BCUT2D eigenvalue weighted by molar-refractivity contribution is 5.79. The Hall–Kier alpha value is -2.04. The molecule has 2 N–H and O–H groups in total. The molecule has 3 unspecified atom stereocenters. The van der Waals surface area contributed by atoms with Gasteiger partial charge in [-0.2, -0.15) is 0 Å². The molecule has 1 aliphatic heterocycles. The number of ether oxygens (including phenoxy) is 2. The molecule has 26 heavy (non-hydrogen) atoms. The fourth-order valence-electron chi connectivity index (χ4n) is 3.47. The number of nitrogens with two attached hydrogens (primary N) is 1. The van der Waals surface area contributed by atoms with Crippen LogP contribution in [0.5, 0.6) is 0 Å². The number of carbonyl (C=O) groups is 2. The molecule has 0 aromatic heterocycles. The zero-order valence-corrected chi connectivity index (χ0v) is 15.9. The predicted octanol–water partition coefficient (Wildman–Crippen LogP) is 5.20. The largest absolute Gasteiger partial charge is 0.456 e. The van der Waals surface area contributed by atoms with E-state index < -0.39 is 6.09 Å². The number of rotatable bonds is 11. The third kappa shape index (κ3) is 5.48. The Morgan fingerprint density at radius 3 is 2.62 bits per heavy atom. The van der Waals surface area contributed by atoms with Crippen molar-refractivity contribution in [3.05, 3.63) is 35.4 Å². The van der Waals surface area contributed by atoms with Crippen LogP contribution in [0.25, 0.3) is 0 Å². The number of amides is 1. The summed E-state index contributed by atoms with van der Waals surface area (Å²) < 4.78 is 10.7. The van der Waals surface area contributed by atoms with Gasteiger partial charge in [-0.05, 0) is 36.5 Å². The van der Waals surface area contributed by atoms with Crippen molar-refractivity contribution in [1.29, 1.82) is 0 Å². The molecular formula is C21H31NO4. The predicted molar refractivity (Wildman–Crippen MR) is 100 cm³/mol. The Kier molecular flexibility index (Phi) is 7.95. The molecule has 144 valence electrons. The number of unbranched alkanes of at least 4 members (excludes halogenated alkanes) is 4. The summed E-state index contributed by atoms with van der Waals surface area (Å²) in [5, 5.41) is 0. The summed E-state index contributed by atoms with van der Waals surface area (Å²) in [6.45, 7) is 4.27. The van der Waals surface area contributed by atoms with Gasteiger partial charge in [-0.15, -0.1) is 0 Å². The lowest BCUT2D eigenvalue weighted by molar-refractivity contribution is -0.186. The molecule has 1 aliphatic rings. The van der Waals surface area contributed by atoms with Gasteiger partial charge in [0.15, 0.2) is 0 Å². The molecule has 1 saturated heterocycles. The quantitative estimate of drug-likeness (QED) is 0.434. The summed E-state index contributed by atoms with van der Waals surface area (Å²) in [4.78, 5) is 23.1. The normalized spacial score (nSPS) is 20.2. The number of carbonyl (C=O) groups excluding carboxylic acids is 2. The van der Waals surface area contributed by atoms with Crippen LogP contribution in [-0.2, 0) is 14.3 Å². The number of primary amides is 1. The minimum absolute atomic E-state index is 0.0618. The smallest absolute Gasteiger partial charge is 0.405 e. The van der Waals surface area contributed by atoms with Crippen LogP contribution >= 0.6 is 0 Å². The van der Waals surface area contributed by atoms with E-state index in [0.29, 0.717) is 0 Å². The van der Waals surface area contributed by atoms with Crippen molar-refractivity contribution in [2.75, 3.05) is 0 Å². The van der Waals surface area contributed by atoms with E-state index >= 15 is 0 Å². The second-order valence-corrected chi connectivity index (χ2v) is 7.05. The minimum Gasteiger partial charge on any atom is -0.456 e. The molecule has 0 aliphatic carbocycles. The van der Waals surface area contributed by atoms with Crippen molar-refractivity contribution < 1.29 is 19.1 Å². The molecule has 3 atom stereocenters. The first-order chi connectivity index (χ1) is 12.6. The maximum absolute atomic E-state index is 11.9. The van der Waals surface area contributed by atoms with Gasteiger partial charge in [0, 0.05) is 0 Å². The number of cyclic esters (lactones) is 1. The fraction of sp³-hybridized carbons (Fsp3) is 0.619. The Labute approximate surface area is 156 Å². The van der Waals surface area contributed by atoms with E-state index in [1.165, 1.54) is 12.8 Å². The van der Waals surface area contributed by atoms with Crippen molar-refractivity contribution >= 4 is 12.1 Å². The molecule has 0 bridgehead atoms. The molecule has 2 rings (SSSR count). The first kappa shape index (κ1) is 20.3. The van der Waals surface area contributed by atoms with E-state index in [9.17, 15) is 9.59 Å². The van der Waals surface area contributed by atoms with E-state index in [1.807, 2.05) is 24.3 Å². The summed E-state index contributed by atoms with van der Waals surface area (Å²) in [5.74, 6) is -0.166. The molecule has 1 heterocycles. The van der Waals surface area contributed by atoms with Crippen LogP contribution in [0.4, 0.5) is 4.79 Å². The third-order valence-electron chi connectivity index (χ3n) is 4.97. The van der Waals surface area contributed by atoms with Crippen molar-refractivity contribution in [3.63, 3.8) is 0 Å². The highest BCUT2D eigenvalue weighted by atomic mass is 16.6. The second-order valence-electron chi connectivity index (χ2n) is 7.05. The van der Waals surface area contributed by atoms with Gasteiger partial charge in [-0.3, -0.25) is 4.79 Å². The molecule has 0 saturated carbocycles. The van der Waals surface area contributed by atoms with Crippen LogP contribution in [0.2, 0.25) is 0 Å². The molecule has 5 nitrogen and oxygen atoms in total. The third-order valence-corrected chi connectivity index (χ3v) is 4.97. The fourth-order valence-corrected chi connectivity index (χ4v) is 3.47. The molecule has 0 spiro atoms. The zero-order valence-electron chi connectivity index (χ0n) is 15.9. The topological polar surface area (TPSA) is 78.6 Å². The molecule has 1 fully saturated rings. The number of hydrogen-bond donors (Lipinski definition) is 1. The average Bonchev–Trinajstić information content (AvgIpc) is 2.62. The first-order valence-corrected chi connectivity index (χ1v) is 9.83. The van der Waals surface area contributed by atoms with Gasteiger partial charge in [0.25, 0.3) is 0 Å². The molecule has 0 radical (unpaired) electrons. The SMILES string of the molecule is CCCCCCC1C(=O)OC1c1cccc(C(CCCC)OC(N)=O)c1. The van der Waals surface area contributed by atoms with E-state index in [1.54, 1.807) is 0 Å². The van der Waals surface area contributed by atoms with Crippen LogP contribution < -0.4 is 5.73 Å². The second kappa shape index (κ2) is 10.2. The highest BCUT2D eigenvalue weighted by Crippen LogP contribution is 2.41. The number of benzene rings is 1. The molecule has 1 amide bonds. The van der Waals surface area contributed by atoms with Crippen molar-refractivity contribution in [1.82, 2.24) is 0 Å². The first-order valence-electron chi connectivity index (χ1n) is 9.83. The molecule has 5 heteroatoms. The summed E-state index contributed by atoms with van der Waals surface area (Å²) in [7, 11) is 0. The Balaban J connectivity index is 2.06. The lowest BCUT2D eigenvalue weighted by Crippen LogP contribution is -2.38. The zero-order chi connectivity index (χ0) is 18.9. The van der Waals surface area contributed by atoms with Gasteiger partial charge >= 0.3 is 12.1 Å². The summed E-state index contributed by atoms with van der Waals surface area (Å²) >= 11 is 0. The molecule has 1 aromatic carbocycles. The van der Waals surface area contributed by atoms with Crippen molar-refractivity contribution in [3.8, 4) is 0 Å².